The van der Waals surface area contributed by atoms with Gasteiger partial charge in [0.1, 0.15) is 18.7 Å². The average Bonchev–Trinajstić information content (AvgIpc) is 2.73. The number of carbonyl (C=O) groups is 2. The normalized spacial score (nSPS) is 11.1. The third-order valence-corrected chi connectivity index (χ3v) is 2.50. The highest BCUT2D eigenvalue weighted by molar-refractivity contribution is 7.14. The molecular weight excluding hydrogens is 270 g/mol. The summed E-state index contributed by atoms with van der Waals surface area (Å²) in [7, 11) is 1.23. The molecule has 92 valence electrons. The Morgan fingerprint density at radius 2 is 2.41 bits per heavy atom. The number of amides is 1. The highest BCUT2D eigenvalue weighted by atomic mass is 35.5. The lowest BCUT2D eigenvalue weighted by atomic mass is 10.3. The van der Waals surface area contributed by atoms with Crippen LogP contribution in [0.1, 0.15) is 5.69 Å². The number of anilines is 1. The maximum absolute atomic E-state index is 11.0. The maximum Gasteiger partial charge on any atom is 0.360 e. The van der Waals surface area contributed by atoms with Crippen molar-refractivity contribution in [3.63, 3.8) is 0 Å². The zero-order valence-corrected chi connectivity index (χ0v) is 10.2. The number of halogens is 1. The second-order valence-electron chi connectivity index (χ2n) is 2.65. The molecule has 0 atom stereocenters. The lowest BCUT2D eigenvalue weighted by Crippen LogP contribution is -2.16. The molecule has 0 bridgehead atoms. The van der Waals surface area contributed by atoms with Crippen LogP contribution in [0.4, 0.5) is 5.13 Å². The second kappa shape index (κ2) is 6.16. The van der Waals surface area contributed by atoms with Gasteiger partial charge < -0.3 is 15.3 Å². The molecule has 0 aliphatic heterocycles. The summed E-state index contributed by atoms with van der Waals surface area (Å²) in [6.07, 6.45) is 0. The zero-order valence-electron chi connectivity index (χ0n) is 8.64. The zero-order chi connectivity index (χ0) is 12.8. The number of aliphatic carboxylic acids is 1. The Labute approximate surface area is 105 Å². The van der Waals surface area contributed by atoms with Crippen molar-refractivity contribution >= 4 is 45.7 Å². The van der Waals surface area contributed by atoms with Gasteiger partial charge in [0.2, 0.25) is 11.6 Å². The number of nitrogens with zero attached hydrogens (tertiary/aromatic N) is 2. The highest BCUT2D eigenvalue weighted by Crippen LogP contribution is 2.16. The summed E-state index contributed by atoms with van der Waals surface area (Å²) in [5.74, 6) is -1.90. The minimum atomic E-state index is -1.27. The summed E-state index contributed by atoms with van der Waals surface area (Å²) < 4.78 is 0. The first-order valence-corrected chi connectivity index (χ1v) is 5.66. The summed E-state index contributed by atoms with van der Waals surface area (Å²) in [6, 6.07) is 0. The van der Waals surface area contributed by atoms with Crippen molar-refractivity contribution in [2.24, 2.45) is 5.16 Å². The topological polar surface area (TPSA) is 101 Å². The number of alkyl halides is 1. The minimum absolute atomic E-state index is 0.106. The number of hydrogen-bond acceptors (Lipinski definition) is 6. The summed E-state index contributed by atoms with van der Waals surface area (Å²) in [4.78, 5) is 30.1. The van der Waals surface area contributed by atoms with E-state index >= 15 is 0 Å². The molecule has 0 aromatic carbocycles. The van der Waals surface area contributed by atoms with Crippen molar-refractivity contribution in [3.8, 4) is 0 Å². The first-order valence-electron chi connectivity index (χ1n) is 4.24. The lowest BCUT2D eigenvalue weighted by molar-refractivity contribution is -0.129. The van der Waals surface area contributed by atoms with Gasteiger partial charge in [-0.05, 0) is 0 Å². The monoisotopic (exact) mass is 277 g/mol. The van der Waals surface area contributed by atoms with Crippen LogP contribution in [-0.4, -0.2) is 40.7 Å². The van der Waals surface area contributed by atoms with Crippen LogP contribution >= 0.6 is 22.9 Å². The Balaban J connectivity index is 2.89. The Hall–Kier alpha value is -1.67. The molecule has 0 aliphatic carbocycles. The van der Waals surface area contributed by atoms with Gasteiger partial charge in [0, 0.05) is 5.38 Å². The summed E-state index contributed by atoms with van der Waals surface area (Å²) in [5, 5.41) is 16.3. The van der Waals surface area contributed by atoms with E-state index in [4.69, 9.17) is 16.7 Å². The van der Waals surface area contributed by atoms with E-state index in [1.54, 1.807) is 0 Å². The van der Waals surface area contributed by atoms with E-state index in [9.17, 15) is 9.59 Å². The van der Waals surface area contributed by atoms with Crippen LogP contribution in [0.15, 0.2) is 10.5 Å². The molecule has 1 amide bonds. The number of carbonyl (C=O) groups excluding carboxylic acids is 1. The minimum Gasteiger partial charge on any atom is -0.476 e. The van der Waals surface area contributed by atoms with Crippen LogP contribution in [0.2, 0.25) is 0 Å². The van der Waals surface area contributed by atoms with Crippen molar-refractivity contribution in [1.82, 2.24) is 4.98 Å². The van der Waals surface area contributed by atoms with Crippen molar-refractivity contribution in [2.45, 2.75) is 0 Å². The number of carboxylic acids is 1. The number of aromatic nitrogens is 1. The smallest absolute Gasteiger partial charge is 0.360 e. The number of thiazole rings is 1. The Morgan fingerprint density at radius 1 is 1.71 bits per heavy atom. The second-order valence-corrected chi connectivity index (χ2v) is 3.77. The van der Waals surface area contributed by atoms with E-state index in [0.29, 0.717) is 0 Å². The van der Waals surface area contributed by atoms with Crippen LogP contribution in [0.5, 0.6) is 0 Å². The lowest BCUT2D eigenvalue weighted by Gasteiger charge is -1.97. The number of carboxylic acid groups (broad SMARTS) is 1. The summed E-state index contributed by atoms with van der Waals surface area (Å²) >= 11 is 6.36. The van der Waals surface area contributed by atoms with Gasteiger partial charge in [-0.3, -0.25) is 4.79 Å². The Morgan fingerprint density at radius 3 is 2.94 bits per heavy atom. The third kappa shape index (κ3) is 3.68. The van der Waals surface area contributed by atoms with E-state index < -0.39 is 11.9 Å². The van der Waals surface area contributed by atoms with Gasteiger partial charge in [-0.25, -0.2) is 9.78 Å². The van der Waals surface area contributed by atoms with Gasteiger partial charge in [0.15, 0.2) is 5.13 Å². The molecule has 1 heterocycles. The first kappa shape index (κ1) is 13.4. The fourth-order valence-corrected chi connectivity index (χ4v) is 1.66. The first-order chi connectivity index (χ1) is 8.08. The summed E-state index contributed by atoms with van der Waals surface area (Å²) in [6.45, 7) is 0. The molecule has 0 saturated carbocycles. The number of nitrogens with one attached hydrogen (secondary N) is 1. The van der Waals surface area contributed by atoms with Crippen molar-refractivity contribution < 1.29 is 19.5 Å². The van der Waals surface area contributed by atoms with E-state index in [2.05, 4.69) is 20.3 Å². The fraction of sp³-hybridized carbons (Fsp3) is 0.250. The summed E-state index contributed by atoms with van der Waals surface area (Å²) in [5.41, 5.74) is -0.232. The molecular formula is C8H8ClN3O4S. The van der Waals surface area contributed by atoms with Crippen molar-refractivity contribution in [2.75, 3.05) is 18.3 Å². The fourth-order valence-electron chi connectivity index (χ4n) is 0.879. The third-order valence-electron chi connectivity index (χ3n) is 1.50. The average molecular weight is 278 g/mol. The number of oxime groups is 1. The van der Waals surface area contributed by atoms with Crippen LogP contribution in [0.3, 0.4) is 0 Å². The van der Waals surface area contributed by atoms with Gasteiger partial charge in [-0.2, -0.15) is 0 Å². The molecule has 1 rings (SSSR count). The van der Waals surface area contributed by atoms with Crippen molar-refractivity contribution in [1.29, 1.82) is 0 Å². The molecule has 1 aromatic rings. The number of hydrogen-bond donors (Lipinski definition) is 2. The van der Waals surface area contributed by atoms with E-state index in [-0.39, 0.29) is 22.4 Å². The molecule has 0 fully saturated rings. The van der Waals surface area contributed by atoms with Crippen LogP contribution in [-0.2, 0) is 14.4 Å². The maximum atomic E-state index is 11.0. The molecule has 9 heteroatoms. The molecule has 0 aliphatic rings. The van der Waals surface area contributed by atoms with Crippen LogP contribution < -0.4 is 5.32 Å². The van der Waals surface area contributed by atoms with Gasteiger partial charge in [0.05, 0.1) is 0 Å². The molecule has 2 N–H and O–H groups in total. The molecule has 0 unspecified atom stereocenters. The molecule has 0 saturated heterocycles. The SMILES string of the molecule is CO/N=C(/C(=O)O)c1csc(NC(=O)CCl)n1. The molecule has 7 nitrogen and oxygen atoms in total. The van der Waals surface area contributed by atoms with E-state index in [1.165, 1.54) is 12.5 Å². The van der Waals surface area contributed by atoms with Crippen LogP contribution in [0.25, 0.3) is 0 Å². The predicted octanol–water partition coefficient (Wildman–Crippen LogP) is 0.756. The van der Waals surface area contributed by atoms with Gasteiger partial charge >= 0.3 is 5.97 Å². The Kier molecular flexibility index (Phi) is 4.85. The van der Waals surface area contributed by atoms with Gasteiger partial charge in [-0.1, -0.05) is 5.16 Å². The van der Waals surface area contributed by atoms with Crippen LogP contribution in [0, 0.1) is 0 Å². The van der Waals surface area contributed by atoms with Gasteiger partial charge in [0.25, 0.3) is 0 Å². The molecule has 1 aromatic heterocycles. The van der Waals surface area contributed by atoms with Crippen molar-refractivity contribution in [3.05, 3.63) is 11.1 Å². The molecule has 17 heavy (non-hydrogen) atoms. The van der Waals surface area contributed by atoms with E-state index in [0.717, 1.165) is 11.3 Å². The predicted molar refractivity (Wildman–Crippen MR) is 62.6 cm³/mol. The highest BCUT2D eigenvalue weighted by Gasteiger charge is 2.17. The quantitative estimate of drug-likeness (QED) is 0.470. The Bertz CT molecular complexity index is 459. The molecule has 0 radical (unpaired) electrons. The number of rotatable bonds is 5. The van der Waals surface area contributed by atoms with Gasteiger partial charge in [-0.15, -0.1) is 22.9 Å². The molecule has 0 spiro atoms. The van der Waals surface area contributed by atoms with E-state index in [1.807, 2.05) is 0 Å². The largest absolute Gasteiger partial charge is 0.476 e. The standard InChI is InChI=1S/C8H8ClN3O4S/c1-16-12-6(7(14)15)4-3-17-8(10-4)11-5(13)2-9/h3H,2H2,1H3,(H,14,15)(H,10,11,13)/b12-6+.